The minimum absolute atomic E-state index is 0.144. The number of ether oxygens (including phenoxy) is 3. The second kappa shape index (κ2) is 9.38. The SMILES string of the molecule is COC(=O)c1cc(NC(=O)CCc2ccc(OC)cc2)cc(C(=O)OC)c1. The highest BCUT2D eigenvalue weighted by Gasteiger charge is 2.15. The van der Waals surface area contributed by atoms with Gasteiger partial charge in [-0.15, -0.1) is 0 Å². The van der Waals surface area contributed by atoms with Crippen LogP contribution in [0.4, 0.5) is 5.69 Å². The topological polar surface area (TPSA) is 90.9 Å². The molecule has 142 valence electrons. The second-order valence-corrected chi connectivity index (χ2v) is 5.68. The van der Waals surface area contributed by atoms with Crippen molar-refractivity contribution in [3.63, 3.8) is 0 Å². The molecule has 0 unspecified atom stereocenters. The third kappa shape index (κ3) is 5.57. The number of aryl methyl sites for hydroxylation is 1. The van der Waals surface area contributed by atoms with E-state index < -0.39 is 11.9 Å². The van der Waals surface area contributed by atoms with Crippen LogP contribution < -0.4 is 10.1 Å². The van der Waals surface area contributed by atoms with E-state index in [1.807, 2.05) is 24.3 Å². The molecule has 0 atom stereocenters. The zero-order valence-electron chi connectivity index (χ0n) is 15.4. The summed E-state index contributed by atoms with van der Waals surface area (Å²) in [5.74, 6) is -0.731. The molecule has 1 N–H and O–H groups in total. The van der Waals surface area contributed by atoms with E-state index in [1.165, 1.54) is 32.4 Å². The van der Waals surface area contributed by atoms with E-state index >= 15 is 0 Å². The van der Waals surface area contributed by atoms with Gasteiger partial charge in [-0.1, -0.05) is 12.1 Å². The van der Waals surface area contributed by atoms with Gasteiger partial charge >= 0.3 is 11.9 Å². The molecule has 0 saturated heterocycles. The standard InChI is InChI=1S/C20H21NO6/c1-25-17-7-4-13(5-8-17)6-9-18(22)21-16-11-14(19(23)26-2)10-15(12-16)20(24)27-3/h4-5,7-8,10-12H,6,9H2,1-3H3,(H,21,22). The molecule has 0 aliphatic carbocycles. The first kappa shape index (κ1) is 20.0. The maximum Gasteiger partial charge on any atom is 0.337 e. The van der Waals surface area contributed by atoms with Gasteiger partial charge in [0.2, 0.25) is 5.91 Å². The van der Waals surface area contributed by atoms with Crippen molar-refractivity contribution in [1.82, 2.24) is 0 Å². The summed E-state index contributed by atoms with van der Waals surface area (Å²) >= 11 is 0. The Morgan fingerprint density at radius 1 is 0.852 bits per heavy atom. The van der Waals surface area contributed by atoms with Gasteiger partial charge in [0.1, 0.15) is 5.75 Å². The number of carbonyl (C=O) groups is 3. The third-order valence-electron chi connectivity index (χ3n) is 3.86. The molecule has 0 heterocycles. The lowest BCUT2D eigenvalue weighted by molar-refractivity contribution is -0.116. The lowest BCUT2D eigenvalue weighted by Gasteiger charge is -2.10. The van der Waals surface area contributed by atoms with Crippen molar-refractivity contribution in [1.29, 1.82) is 0 Å². The normalized spacial score (nSPS) is 10.0. The number of hydrogen-bond acceptors (Lipinski definition) is 6. The summed E-state index contributed by atoms with van der Waals surface area (Å²) in [5, 5.41) is 2.69. The van der Waals surface area contributed by atoms with E-state index in [0.717, 1.165) is 11.3 Å². The molecule has 2 aromatic carbocycles. The van der Waals surface area contributed by atoms with Crippen molar-refractivity contribution in [2.45, 2.75) is 12.8 Å². The van der Waals surface area contributed by atoms with Crippen LogP contribution in [0.5, 0.6) is 5.75 Å². The number of amides is 1. The molecule has 7 nitrogen and oxygen atoms in total. The Labute approximate surface area is 157 Å². The molecular formula is C20H21NO6. The number of methoxy groups -OCH3 is 3. The van der Waals surface area contributed by atoms with Gasteiger partial charge in [0.15, 0.2) is 0 Å². The summed E-state index contributed by atoms with van der Waals surface area (Å²) in [6.45, 7) is 0. The molecule has 0 saturated carbocycles. The van der Waals surface area contributed by atoms with Gasteiger partial charge in [-0.3, -0.25) is 4.79 Å². The molecule has 2 aromatic rings. The van der Waals surface area contributed by atoms with Crippen molar-refractivity contribution in [2.75, 3.05) is 26.6 Å². The second-order valence-electron chi connectivity index (χ2n) is 5.68. The Morgan fingerprint density at radius 2 is 1.41 bits per heavy atom. The monoisotopic (exact) mass is 371 g/mol. The molecule has 2 rings (SSSR count). The first-order valence-corrected chi connectivity index (χ1v) is 8.21. The van der Waals surface area contributed by atoms with Gasteiger partial charge in [0.25, 0.3) is 0 Å². The van der Waals surface area contributed by atoms with E-state index in [0.29, 0.717) is 12.1 Å². The summed E-state index contributed by atoms with van der Waals surface area (Å²) in [6, 6.07) is 11.7. The summed E-state index contributed by atoms with van der Waals surface area (Å²) in [7, 11) is 4.06. The molecule has 0 aromatic heterocycles. The Morgan fingerprint density at radius 3 is 1.89 bits per heavy atom. The highest BCUT2D eigenvalue weighted by Crippen LogP contribution is 2.18. The van der Waals surface area contributed by atoms with Crippen LogP contribution >= 0.6 is 0 Å². The molecule has 1 amide bonds. The predicted octanol–water partition coefficient (Wildman–Crippen LogP) is 2.84. The van der Waals surface area contributed by atoms with Crippen LogP contribution in [0.2, 0.25) is 0 Å². The fourth-order valence-corrected chi connectivity index (χ4v) is 2.44. The van der Waals surface area contributed by atoms with Gasteiger partial charge in [0, 0.05) is 12.1 Å². The average Bonchev–Trinajstić information content (AvgIpc) is 2.71. The summed E-state index contributed by atoms with van der Waals surface area (Å²) in [5.41, 5.74) is 1.60. The molecule has 0 aliphatic heterocycles. The molecule has 0 aliphatic rings. The summed E-state index contributed by atoms with van der Waals surface area (Å²) in [6.07, 6.45) is 0.777. The van der Waals surface area contributed by atoms with E-state index in [9.17, 15) is 14.4 Å². The van der Waals surface area contributed by atoms with Crippen LogP contribution in [0.25, 0.3) is 0 Å². The van der Waals surface area contributed by atoms with E-state index in [4.69, 9.17) is 4.74 Å². The van der Waals surface area contributed by atoms with E-state index in [1.54, 1.807) is 7.11 Å². The summed E-state index contributed by atoms with van der Waals surface area (Å²) < 4.78 is 14.4. The van der Waals surface area contributed by atoms with Crippen molar-refractivity contribution >= 4 is 23.5 Å². The van der Waals surface area contributed by atoms with Crippen LogP contribution in [-0.4, -0.2) is 39.2 Å². The average molecular weight is 371 g/mol. The molecule has 0 fully saturated rings. The molecule has 27 heavy (non-hydrogen) atoms. The number of esters is 2. The molecular weight excluding hydrogens is 350 g/mol. The molecule has 0 bridgehead atoms. The number of hydrogen-bond donors (Lipinski definition) is 1. The fourth-order valence-electron chi connectivity index (χ4n) is 2.44. The number of carbonyl (C=O) groups excluding carboxylic acids is 3. The minimum Gasteiger partial charge on any atom is -0.497 e. The molecule has 0 radical (unpaired) electrons. The number of nitrogens with one attached hydrogen (secondary N) is 1. The van der Waals surface area contributed by atoms with Crippen LogP contribution in [0.3, 0.4) is 0 Å². The zero-order chi connectivity index (χ0) is 19.8. The van der Waals surface area contributed by atoms with Crippen LogP contribution in [0, 0.1) is 0 Å². The van der Waals surface area contributed by atoms with Crippen LogP contribution in [-0.2, 0) is 20.7 Å². The molecule has 7 heteroatoms. The number of rotatable bonds is 7. The lowest BCUT2D eigenvalue weighted by atomic mass is 10.1. The number of anilines is 1. The van der Waals surface area contributed by atoms with Crippen molar-refractivity contribution in [2.24, 2.45) is 0 Å². The highest BCUT2D eigenvalue weighted by molar-refractivity contribution is 5.99. The third-order valence-corrected chi connectivity index (χ3v) is 3.86. The Hall–Kier alpha value is -3.35. The Balaban J connectivity index is 2.08. The maximum absolute atomic E-state index is 12.2. The molecule has 0 spiro atoms. The van der Waals surface area contributed by atoms with Crippen molar-refractivity contribution in [3.05, 3.63) is 59.2 Å². The maximum atomic E-state index is 12.2. The van der Waals surface area contributed by atoms with Gasteiger partial charge in [0.05, 0.1) is 32.5 Å². The van der Waals surface area contributed by atoms with Crippen molar-refractivity contribution in [3.8, 4) is 5.75 Å². The summed E-state index contributed by atoms with van der Waals surface area (Å²) in [4.78, 5) is 35.8. The Bertz CT molecular complexity index is 795. The zero-order valence-corrected chi connectivity index (χ0v) is 15.4. The van der Waals surface area contributed by atoms with Gasteiger partial charge < -0.3 is 19.5 Å². The highest BCUT2D eigenvalue weighted by atomic mass is 16.5. The van der Waals surface area contributed by atoms with Crippen LogP contribution in [0.1, 0.15) is 32.7 Å². The first-order chi connectivity index (χ1) is 13.0. The first-order valence-electron chi connectivity index (χ1n) is 8.21. The predicted molar refractivity (Wildman–Crippen MR) is 99.1 cm³/mol. The quantitative estimate of drug-likeness (QED) is 0.753. The lowest BCUT2D eigenvalue weighted by Crippen LogP contribution is -2.14. The van der Waals surface area contributed by atoms with Crippen LogP contribution in [0.15, 0.2) is 42.5 Å². The van der Waals surface area contributed by atoms with E-state index in [2.05, 4.69) is 14.8 Å². The fraction of sp³-hybridized carbons (Fsp3) is 0.250. The minimum atomic E-state index is -0.616. The largest absolute Gasteiger partial charge is 0.497 e. The van der Waals surface area contributed by atoms with Gasteiger partial charge in [-0.25, -0.2) is 9.59 Å². The smallest absolute Gasteiger partial charge is 0.337 e. The Kier molecular flexibility index (Phi) is 6.93. The van der Waals surface area contributed by atoms with Crippen molar-refractivity contribution < 1.29 is 28.6 Å². The number of benzene rings is 2. The van der Waals surface area contributed by atoms with Gasteiger partial charge in [-0.2, -0.15) is 0 Å². The van der Waals surface area contributed by atoms with E-state index in [-0.39, 0.29) is 23.5 Å². The van der Waals surface area contributed by atoms with Gasteiger partial charge in [-0.05, 0) is 42.3 Å².